The van der Waals surface area contributed by atoms with Gasteiger partial charge in [-0.05, 0) is 23.3 Å². The van der Waals surface area contributed by atoms with Crippen LogP contribution in [0, 0.1) is 0 Å². The summed E-state index contributed by atoms with van der Waals surface area (Å²) in [5.74, 6) is 1.31. The molecule has 0 spiro atoms. The first-order valence-electron chi connectivity index (χ1n) is 8.69. The number of hydrogen-bond acceptors (Lipinski definition) is 5. The molecule has 0 fully saturated rings. The normalized spacial score (nSPS) is 11.4. The number of nitrogens with one attached hydrogen (secondary N) is 2. The zero-order chi connectivity index (χ0) is 20.4. The number of guanidine groups is 1. The van der Waals surface area contributed by atoms with Crippen molar-refractivity contribution < 1.29 is 17.9 Å². The molecule has 0 aromatic heterocycles. The molecule has 0 aliphatic rings. The number of nitrogens with zero attached hydrogens (tertiary/aromatic N) is 1. The van der Waals surface area contributed by atoms with Crippen LogP contribution in [0.5, 0.6) is 11.5 Å². The summed E-state index contributed by atoms with van der Waals surface area (Å²) in [7, 11) is -0.280. The molecule has 160 valence electrons. The van der Waals surface area contributed by atoms with E-state index in [4.69, 9.17) is 15.2 Å². The van der Waals surface area contributed by atoms with Crippen molar-refractivity contribution in [1.82, 2.24) is 10.0 Å². The maximum absolute atomic E-state index is 12.0. The Morgan fingerprint density at radius 3 is 2.38 bits per heavy atom. The molecule has 2 aromatic carbocycles. The minimum Gasteiger partial charge on any atom is -0.493 e. The smallest absolute Gasteiger partial charge is 0.213 e. The molecule has 0 aliphatic heterocycles. The number of methoxy groups -OCH3 is 2. The maximum Gasteiger partial charge on any atom is 0.213 e. The van der Waals surface area contributed by atoms with Gasteiger partial charge in [-0.2, -0.15) is 0 Å². The van der Waals surface area contributed by atoms with Crippen molar-refractivity contribution in [1.29, 1.82) is 0 Å². The summed E-state index contributed by atoms with van der Waals surface area (Å²) in [5.41, 5.74) is 7.60. The van der Waals surface area contributed by atoms with E-state index in [1.54, 1.807) is 20.3 Å². The fourth-order valence-electron chi connectivity index (χ4n) is 2.39. The average molecular weight is 534 g/mol. The first-order chi connectivity index (χ1) is 13.4. The Bertz CT molecular complexity index is 892. The van der Waals surface area contributed by atoms with Gasteiger partial charge in [0.15, 0.2) is 17.5 Å². The van der Waals surface area contributed by atoms with Crippen molar-refractivity contribution in [3.8, 4) is 11.5 Å². The van der Waals surface area contributed by atoms with Crippen molar-refractivity contribution in [2.24, 2.45) is 10.7 Å². The molecule has 0 bridgehead atoms. The average Bonchev–Trinajstić information content (AvgIpc) is 2.71. The second-order valence-electron chi connectivity index (χ2n) is 5.94. The molecule has 8 nitrogen and oxygen atoms in total. The van der Waals surface area contributed by atoms with Crippen LogP contribution in [-0.2, 0) is 23.1 Å². The molecule has 0 heterocycles. The van der Waals surface area contributed by atoms with Crippen molar-refractivity contribution in [2.45, 2.75) is 13.1 Å². The third kappa shape index (κ3) is 8.88. The second-order valence-corrected chi connectivity index (χ2v) is 7.87. The first kappa shape index (κ1) is 25.0. The molecule has 2 rings (SSSR count). The third-order valence-electron chi connectivity index (χ3n) is 3.90. The molecule has 0 atom stereocenters. The van der Waals surface area contributed by atoms with Gasteiger partial charge in [0, 0.05) is 13.1 Å². The van der Waals surface area contributed by atoms with Gasteiger partial charge in [0.25, 0.3) is 0 Å². The van der Waals surface area contributed by atoms with E-state index in [0.717, 1.165) is 11.1 Å². The van der Waals surface area contributed by atoms with Crippen LogP contribution in [0.3, 0.4) is 0 Å². The Morgan fingerprint density at radius 1 is 1.03 bits per heavy atom. The largest absolute Gasteiger partial charge is 0.493 e. The fourth-order valence-corrected chi connectivity index (χ4v) is 3.29. The lowest BCUT2D eigenvalue weighted by molar-refractivity contribution is 0.354. The van der Waals surface area contributed by atoms with Gasteiger partial charge in [-0.25, -0.2) is 18.1 Å². The van der Waals surface area contributed by atoms with Gasteiger partial charge in [0.1, 0.15) is 0 Å². The summed E-state index contributed by atoms with van der Waals surface area (Å²) in [4.78, 5) is 4.21. The highest BCUT2D eigenvalue weighted by Crippen LogP contribution is 2.27. The van der Waals surface area contributed by atoms with Crippen LogP contribution in [0.2, 0.25) is 0 Å². The Balaban J connectivity index is 0.00000420. The molecule has 0 aliphatic carbocycles. The Labute approximate surface area is 189 Å². The van der Waals surface area contributed by atoms with Crippen LogP contribution in [-0.4, -0.2) is 40.9 Å². The quantitative estimate of drug-likeness (QED) is 0.244. The molecule has 0 amide bonds. The summed E-state index contributed by atoms with van der Waals surface area (Å²) < 4.78 is 37.1. The van der Waals surface area contributed by atoms with E-state index in [0.29, 0.717) is 18.0 Å². The number of hydrogen-bond donors (Lipinski definition) is 3. The van der Waals surface area contributed by atoms with E-state index in [1.807, 2.05) is 42.5 Å². The molecular weight excluding hydrogens is 507 g/mol. The highest BCUT2D eigenvalue weighted by Gasteiger charge is 2.10. The molecular formula is C19H27IN4O4S. The highest BCUT2D eigenvalue weighted by molar-refractivity contribution is 14.0. The van der Waals surface area contributed by atoms with E-state index < -0.39 is 10.0 Å². The number of ether oxygens (including phenoxy) is 2. The van der Waals surface area contributed by atoms with Crippen LogP contribution in [0.25, 0.3) is 0 Å². The van der Waals surface area contributed by atoms with E-state index in [9.17, 15) is 8.42 Å². The molecule has 29 heavy (non-hydrogen) atoms. The van der Waals surface area contributed by atoms with Gasteiger partial charge in [-0.1, -0.05) is 36.4 Å². The molecule has 4 N–H and O–H groups in total. The first-order valence-corrected chi connectivity index (χ1v) is 10.3. The number of sulfonamides is 1. The van der Waals surface area contributed by atoms with Gasteiger partial charge in [-0.3, -0.25) is 0 Å². The van der Waals surface area contributed by atoms with Gasteiger partial charge in [0.2, 0.25) is 10.0 Å². The molecule has 0 saturated carbocycles. The zero-order valence-electron chi connectivity index (χ0n) is 16.4. The number of benzene rings is 2. The SMILES string of the molecule is COc1ccc(CN=C(N)NCCS(=O)(=O)NCc2ccccc2)cc1OC.I. The van der Waals surface area contributed by atoms with E-state index in [-0.39, 0.29) is 48.8 Å². The number of halogens is 1. The molecule has 0 radical (unpaired) electrons. The lowest BCUT2D eigenvalue weighted by Crippen LogP contribution is -2.37. The van der Waals surface area contributed by atoms with Crippen molar-refractivity contribution in [3.05, 3.63) is 59.7 Å². The monoisotopic (exact) mass is 534 g/mol. The van der Waals surface area contributed by atoms with Crippen LogP contribution in [0.15, 0.2) is 53.5 Å². The lowest BCUT2D eigenvalue weighted by atomic mass is 10.2. The van der Waals surface area contributed by atoms with Gasteiger partial charge >= 0.3 is 0 Å². The van der Waals surface area contributed by atoms with Crippen LogP contribution >= 0.6 is 24.0 Å². The second kappa shape index (κ2) is 12.5. The predicted octanol–water partition coefficient (Wildman–Crippen LogP) is 1.85. The summed E-state index contributed by atoms with van der Waals surface area (Å²) in [6.45, 7) is 0.746. The number of aliphatic imine (C=N–C) groups is 1. The van der Waals surface area contributed by atoms with Crippen LogP contribution in [0.4, 0.5) is 0 Å². The lowest BCUT2D eigenvalue weighted by Gasteiger charge is -2.10. The van der Waals surface area contributed by atoms with E-state index in [1.165, 1.54) is 0 Å². The number of nitrogens with two attached hydrogens (primary N) is 1. The van der Waals surface area contributed by atoms with Crippen molar-refractivity contribution in [2.75, 3.05) is 26.5 Å². The van der Waals surface area contributed by atoms with Crippen LogP contribution < -0.4 is 25.2 Å². The van der Waals surface area contributed by atoms with Gasteiger partial charge < -0.3 is 20.5 Å². The number of rotatable bonds is 10. The summed E-state index contributed by atoms with van der Waals surface area (Å²) in [5, 5.41) is 2.81. The maximum atomic E-state index is 12.0. The standard InChI is InChI=1S/C19H26N4O4S.HI/c1-26-17-9-8-16(12-18(17)27-2)13-22-19(20)21-10-11-28(24,25)23-14-15-6-4-3-5-7-15;/h3-9,12,23H,10-11,13-14H2,1-2H3,(H3,20,21,22);1H. The third-order valence-corrected chi connectivity index (χ3v) is 5.22. The highest BCUT2D eigenvalue weighted by atomic mass is 127. The van der Waals surface area contributed by atoms with Crippen molar-refractivity contribution in [3.63, 3.8) is 0 Å². The molecule has 2 aromatic rings. The Kier molecular flexibility index (Phi) is 10.8. The fraction of sp³-hybridized carbons (Fsp3) is 0.316. The van der Waals surface area contributed by atoms with Crippen molar-refractivity contribution >= 4 is 40.0 Å². The van der Waals surface area contributed by atoms with Gasteiger partial charge in [-0.15, -0.1) is 24.0 Å². The van der Waals surface area contributed by atoms with E-state index >= 15 is 0 Å². The summed E-state index contributed by atoms with van der Waals surface area (Å²) in [6.07, 6.45) is 0. The minimum absolute atomic E-state index is 0. The summed E-state index contributed by atoms with van der Waals surface area (Å²) >= 11 is 0. The van der Waals surface area contributed by atoms with Gasteiger partial charge in [0.05, 0.1) is 26.5 Å². The zero-order valence-corrected chi connectivity index (χ0v) is 19.6. The molecule has 0 unspecified atom stereocenters. The van der Waals surface area contributed by atoms with E-state index in [2.05, 4.69) is 15.0 Å². The summed E-state index contributed by atoms with van der Waals surface area (Å²) in [6, 6.07) is 14.8. The predicted molar refractivity (Wildman–Crippen MR) is 125 cm³/mol. The minimum atomic E-state index is -3.41. The van der Waals surface area contributed by atoms with Crippen LogP contribution in [0.1, 0.15) is 11.1 Å². The Hall–Kier alpha value is -2.05. The Morgan fingerprint density at radius 2 is 1.72 bits per heavy atom. The molecule has 0 saturated heterocycles. The molecule has 10 heteroatoms. The topological polar surface area (TPSA) is 115 Å².